The number of Topliss-reactive ketones (excluding diaryl/α,β-unsaturated/α-hetero) is 1. The van der Waals surface area contributed by atoms with Crippen molar-refractivity contribution in [2.24, 2.45) is 10.8 Å². The number of hydrogen-bond donors (Lipinski definition) is 2. The maximum atomic E-state index is 11.8. The van der Waals surface area contributed by atoms with Gasteiger partial charge in [0.1, 0.15) is 11.8 Å². The highest BCUT2D eigenvalue weighted by Crippen LogP contribution is 2.19. The second-order valence-corrected chi connectivity index (χ2v) is 6.49. The average molecular weight is 257 g/mol. The van der Waals surface area contributed by atoms with E-state index in [4.69, 9.17) is 5.11 Å². The Morgan fingerprint density at radius 3 is 1.72 bits per heavy atom. The van der Waals surface area contributed by atoms with E-state index in [2.05, 4.69) is 5.32 Å². The first-order valence-corrected chi connectivity index (χ1v) is 5.93. The van der Waals surface area contributed by atoms with Crippen LogP contribution in [0, 0.1) is 10.8 Å². The van der Waals surface area contributed by atoms with E-state index in [1.165, 1.54) is 0 Å². The van der Waals surface area contributed by atoms with Crippen molar-refractivity contribution in [1.29, 1.82) is 0 Å². The summed E-state index contributed by atoms with van der Waals surface area (Å²) in [6.07, 6.45) is -0.194. The standard InChI is InChI=1S/C13H23NO4/c1-12(2,3)9(15)7-8(10(16)17)14-11(18)13(4,5)6/h8H,7H2,1-6H3,(H,14,18)(H,16,17). The predicted molar refractivity (Wildman–Crippen MR) is 68.1 cm³/mol. The Hall–Kier alpha value is -1.39. The third-order valence-corrected chi connectivity index (χ3v) is 2.51. The molecular weight excluding hydrogens is 234 g/mol. The van der Waals surface area contributed by atoms with Crippen molar-refractivity contribution in [3.8, 4) is 0 Å². The maximum absolute atomic E-state index is 11.8. The number of carbonyl (C=O) groups is 3. The van der Waals surface area contributed by atoms with Gasteiger partial charge < -0.3 is 10.4 Å². The number of carboxylic acids is 1. The molecular formula is C13H23NO4. The van der Waals surface area contributed by atoms with E-state index in [1.807, 2.05) is 0 Å². The van der Waals surface area contributed by atoms with E-state index in [1.54, 1.807) is 41.5 Å². The topological polar surface area (TPSA) is 83.5 Å². The molecule has 5 nitrogen and oxygen atoms in total. The summed E-state index contributed by atoms with van der Waals surface area (Å²) in [6, 6.07) is -1.16. The quantitative estimate of drug-likeness (QED) is 0.801. The van der Waals surface area contributed by atoms with Gasteiger partial charge in [-0.1, -0.05) is 41.5 Å². The fourth-order valence-corrected chi connectivity index (χ4v) is 1.07. The monoisotopic (exact) mass is 257 g/mol. The van der Waals surface area contributed by atoms with Crippen LogP contribution in [0.1, 0.15) is 48.0 Å². The van der Waals surface area contributed by atoms with E-state index in [0.29, 0.717) is 0 Å². The Morgan fingerprint density at radius 1 is 1.00 bits per heavy atom. The van der Waals surface area contributed by atoms with Crippen LogP contribution in [0.5, 0.6) is 0 Å². The van der Waals surface area contributed by atoms with Gasteiger partial charge in [-0.15, -0.1) is 0 Å². The summed E-state index contributed by atoms with van der Waals surface area (Å²) in [7, 11) is 0. The number of nitrogens with one attached hydrogen (secondary N) is 1. The maximum Gasteiger partial charge on any atom is 0.326 e. The van der Waals surface area contributed by atoms with E-state index in [9.17, 15) is 14.4 Å². The molecule has 18 heavy (non-hydrogen) atoms. The highest BCUT2D eigenvalue weighted by Gasteiger charge is 2.31. The number of aliphatic carboxylic acids is 1. The second kappa shape index (κ2) is 5.50. The van der Waals surface area contributed by atoms with E-state index < -0.39 is 22.8 Å². The van der Waals surface area contributed by atoms with Gasteiger partial charge in [0.15, 0.2) is 0 Å². The number of ketones is 1. The normalized spacial score (nSPS) is 13.9. The lowest BCUT2D eigenvalue weighted by atomic mass is 9.86. The first-order chi connectivity index (χ1) is 7.85. The lowest BCUT2D eigenvalue weighted by Gasteiger charge is -2.24. The van der Waals surface area contributed by atoms with Crippen LogP contribution in [0.25, 0.3) is 0 Å². The van der Waals surface area contributed by atoms with Crippen LogP contribution < -0.4 is 5.32 Å². The Balaban J connectivity index is 4.77. The van der Waals surface area contributed by atoms with Gasteiger partial charge in [0.05, 0.1) is 0 Å². The molecule has 0 rings (SSSR count). The number of carbonyl (C=O) groups excluding carboxylic acids is 2. The zero-order valence-electron chi connectivity index (χ0n) is 12.0. The summed E-state index contributed by atoms with van der Waals surface area (Å²) in [5.41, 5.74) is -1.29. The molecule has 2 N–H and O–H groups in total. The Labute approximate surface area is 108 Å². The molecule has 0 saturated heterocycles. The van der Waals surface area contributed by atoms with Gasteiger partial charge in [-0.25, -0.2) is 4.79 Å². The number of rotatable bonds is 4. The van der Waals surface area contributed by atoms with Gasteiger partial charge in [0.25, 0.3) is 0 Å². The lowest BCUT2D eigenvalue weighted by molar-refractivity contribution is -0.145. The Kier molecular flexibility index (Phi) is 5.08. The van der Waals surface area contributed by atoms with Crippen molar-refractivity contribution >= 4 is 17.7 Å². The lowest BCUT2D eigenvalue weighted by Crippen LogP contribution is -2.47. The molecule has 0 aromatic heterocycles. The molecule has 5 heteroatoms. The van der Waals surface area contributed by atoms with E-state index in [-0.39, 0.29) is 18.1 Å². The average Bonchev–Trinajstić information content (AvgIpc) is 2.12. The van der Waals surface area contributed by atoms with Crippen LogP contribution in [0.4, 0.5) is 0 Å². The fourth-order valence-electron chi connectivity index (χ4n) is 1.07. The van der Waals surface area contributed by atoms with Crippen molar-refractivity contribution in [3.63, 3.8) is 0 Å². The molecule has 1 amide bonds. The predicted octanol–water partition coefficient (Wildman–Crippen LogP) is 1.61. The van der Waals surface area contributed by atoms with Gasteiger partial charge in [0.2, 0.25) is 5.91 Å². The summed E-state index contributed by atoms with van der Waals surface area (Å²) < 4.78 is 0. The molecule has 1 atom stereocenters. The highest BCUT2D eigenvalue weighted by atomic mass is 16.4. The molecule has 0 aromatic rings. The van der Waals surface area contributed by atoms with Crippen LogP contribution in [-0.2, 0) is 14.4 Å². The Bertz CT molecular complexity index is 319. The van der Waals surface area contributed by atoms with Crippen molar-refractivity contribution < 1.29 is 19.5 Å². The summed E-state index contributed by atoms with van der Waals surface area (Å²) in [5.74, 6) is -1.76. The molecule has 0 aliphatic rings. The van der Waals surface area contributed by atoms with Crippen LogP contribution in [0.15, 0.2) is 0 Å². The van der Waals surface area contributed by atoms with Crippen molar-refractivity contribution in [1.82, 2.24) is 5.32 Å². The summed E-state index contributed by atoms with van der Waals surface area (Å²) in [6.45, 7) is 10.2. The van der Waals surface area contributed by atoms with Crippen LogP contribution in [-0.4, -0.2) is 28.8 Å². The molecule has 1 unspecified atom stereocenters. The first-order valence-electron chi connectivity index (χ1n) is 5.93. The molecule has 0 aliphatic heterocycles. The second-order valence-electron chi connectivity index (χ2n) is 6.49. The van der Waals surface area contributed by atoms with Gasteiger partial charge in [-0.2, -0.15) is 0 Å². The summed E-state index contributed by atoms with van der Waals surface area (Å²) in [5, 5.41) is 11.4. The molecule has 0 aliphatic carbocycles. The van der Waals surface area contributed by atoms with E-state index in [0.717, 1.165) is 0 Å². The minimum absolute atomic E-state index is 0.191. The zero-order valence-corrected chi connectivity index (χ0v) is 12.0. The number of hydrogen-bond acceptors (Lipinski definition) is 3. The van der Waals surface area contributed by atoms with Crippen LogP contribution >= 0.6 is 0 Å². The summed E-state index contributed by atoms with van der Waals surface area (Å²) >= 11 is 0. The Morgan fingerprint density at radius 2 is 1.44 bits per heavy atom. The molecule has 0 spiro atoms. The third kappa shape index (κ3) is 5.29. The number of amides is 1. The van der Waals surface area contributed by atoms with Gasteiger partial charge in [-0.05, 0) is 0 Å². The largest absolute Gasteiger partial charge is 0.480 e. The molecule has 104 valence electrons. The molecule has 0 heterocycles. The van der Waals surface area contributed by atoms with Gasteiger partial charge in [0, 0.05) is 17.3 Å². The third-order valence-electron chi connectivity index (χ3n) is 2.51. The molecule has 0 aromatic carbocycles. The molecule has 0 bridgehead atoms. The van der Waals surface area contributed by atoms with Gasteiger partial charge in [-0.3, -0.25) is 9.59 Å². The molecule has 0 radical (unpaired) electrons. The number of carboxylic acid groups (broad SMARTS) is 1. The molecule has 0 fully saturated rings. The van der Waals surface area contributed by atoms with Crippen molar-refractivity contribution in [2.45, 2.75) is 54.0 Å². The van der Waals surface area contributed by atoms with Crippen molar-refractivity contribution in [2.75, 3.05) is 0 Å². The fraction of sp³-hybridized carbons (Fsp3) is 0.769. The minimum Gasteiger partial charge on any atom is -0.480 e. The summed E-state index contributed by atoms with van der Waals surface area (Å²) in [4.78, 5) is 34.6. The SMILES string of the molecule is CC(C)(C)C(=O)CC(NC(=O)C(C)(C)C)C(=O)O. The highest BCUT2D eigenvalue weighted by molar-refractivity contribution is 5.92. The molecule has 0 saturated carbocycles. The smallest absolute Gasteiger partial charge is 0.326 e. The van der Waals surface area contributed by atoms with Crippen LogP contribution in [0.2, 0.25) is 0 Å². The van der Waals surface area contributed by atoms with Crippen molar-refractivity contribution in [3.05, 3.63) is 0 Å². The zero-order chi connectivity index (χ0) is 14.7. The van der Waals surface area contributed by atoms with Gasteiger partial charge >= 0.3 is 5.97 Å². The minimum atomic E-state index is -1.19. The van der Waals surface area contributed by atoms with E-state index >= 15 is 0 Å². The first kappa shape index (κ1) is 16.6. The van der Waals surface area contributed by atoms with Crippen LogP contribution in [0.3, 0.4) is 0 Å².